The molecule has 0 saturated carbocycles. The van der Waals surface area contributed by atoms with E-state index in [-0.39, 0.29) is 12.5 Å². The predicted octanol–water partition coefficient (Wildman–Crippen LogP) is 2.68. The number of aromatic nitrogens is 1. The molecule has 1 atom stereocenters. The van der Waals surface area contributed by atoms with Crippen LogP contribution in [-0.4, -0.2) is 28.8 Å². The van der Waals surface area contributed by atoms with Crippen LogP contribution in [0.15, 0.2) is 12.1 Å². The van der Waals surface area contributed by atoms with Gasteiger partial charge in [-0.1, -0.05) is 20.8 Å². The third kappa shape index (κ3) is 5.10. The molecule has 114 valence electrons. The highest BCUT2D eigenvalue weighted by Gasteiger charge is 2.26. The van der Waals surface area contributed by atoms with Crippen LogP contribution in [0, 0.1) is 12.8 Å². The Kier molecular flexibility index (Phi) is 6.43. The van der Waals surface area contributed by atoms with Gasteiger partial charge in [-0.3, -0.25) is 4.98 Å². The van der Waals surface area contributed by atoms with E-state index in [0.717, 1.165) is 30.1 Å². The number of nitrogens with one attached hydrogen (secondary N) is 1. The summed E-state index contributed by atoms with van der Waals surface area (Å²) in [6, 6.07) is 3.87. The third-order valence-electron chi connectivity index (χ3n) is 3.55. The molecule has 20 heavy (non-hydrogen) atoms. The fourth-order valence-electron chi connectivity index (χ4n) is 1.63. The summed E-state index contributed by atoms with van der Waals surface area (Å²) in [4.78, 5) is 4.52. The van der Waals surface area contributed by atoms with E-state index in [1.165, 1.54) is 0 Å². The Morgan fingerprint density at radius 2 is 2.10 bits per heavy atom. The maximum absolute atomic E-state index is 10.3. The minimum Gasteiger partial charge on any atom is -0.489 e. The first-order chi connectivity index (χ1) is 9.36. The molecule has 0 fully saturated rings. The number of nitrogens with zero attached hydrogens (tertiary/aromatic N) is 1. The van der Waals surface area contributed by atoms with Gasteiger partial charge in [0.05, 0.1) is 11.3 Å². The van der Waals surface area contributed by atoms with Crippen molar-refractivity contribution < 1.29 is 9.84 Å². The van der Waals surface area contributed by atoms with Crippen LogP contribution in [0.25, 0.3) is 0 Å². The second-order valence-electron chi connectivity index (χ2n) is 5.87. The van der Waals surface area contributed by atoms with Crippen molar-refractivity contribution in [3.05, 3.63) is 23.5 Å². The first-order valence-electron chi connectivity index (χ1n) is 7.39. The number of pyridine rings is 1. The summed E-state index contributed by atoms with van der Waals surface area (Å²) in [5.41, 5.74) is 1.04. The van der Waals surface area contributed by atoms with Gasteiger partial charge in [-0.25, -0.2) is 0 Å². The molecule has 4 heteroatoms. The number of hydrogen-bond acceptors (Lipinski definition) is 4. The topological polar surface area (TPSA) is 54.4 Å². The van der Waals surface area contributed by atoms with Crippen molar-refractivity contribution in [1.82, 2.24) is 10.3 Å². The average Bonchev–Trinajstić information content (AvgIpc) is 2.38. The van der Waals surface area contributed by atoms with Gasteiger partial charge in [0, 0.05) is 12.2 Å². The zero-order chi connectivity index (χ0) is 15.2. The molecule has 0 aliphatic heterocycles. The maximum atomic E-state index is 10.3. The fourth-order valence-corrected chi connectivity index (χ4v) is 1.63. The Morgan fingerprint density at radius 1 is 1.40 bits per heavy atom. The molecule has 0 aliphatic carbocycles. The highest BCUT2D eigenvalue weighted by Crippen LogP contribution is 2.21. The Labute approximate surface area is 122 Å². The predicted molar refractivity (Wildman–Crippen MR) is 81.9 cm³/mol. The summed E-state index contributed by atoms with van der Waals surface area (Å²) >= 11 is 0. The van der Waals surface area contributed by atoms with E-state index in [9.17, 15) is 5.11 Å². The number of ether oxygens (including phenoxy) is 1. The zero-order valence-corrected chi connectivity index (χ0v) is 13.4. The molecule has 0 radical (unpaired) electrons. The van der Waals surface area contributed by atoms with Gasteiger partial charge in [0.1, 0.15) is 12.4 Å². The van der Waals surface area contributed by atoms with E-state index in [0.29, 0.717) is 6.54 Å². The SMILES string of the molecule is CCCNCc1nc(C)ccc1OCC(C)(O)C(C)C. The van der Waals surface area contributed by atoms with E-state index in [4.69, 9.17) is 4.74 Å². The second kappa shape index (κ2) is 7.60. The molecule has 0 aliphatic rings. The van der Waals surface area contributed by atoms with E-state index in [1.807, 2.05) is 32.9 Å². The van der Waals surface area contributed by atoms with Crippen LogP contribution in [0.2, 0.25) is 0 Å². The lowest BCUT2D eigenvalue weighted by atomic mass is 9.94. The van der Waals surface area contributed by atoms with Crippen molar-refractivity contribution in [3.63, 3.8) is 0 Å². The van der Waals surface area contributed by atoms with Crippen molar-refractivity contribution in [2.45, 2.75) is 53.2 Å². The number of rotatable bonds is 8. The van der Waals surface area contributed by atoms with Crippen LogP contribution in [-0.2, 0) is 6.54 Å². The van der Waals surface area contributed by atoms with Crippen LogP contribution in [0.4, 0.5) is 0 Å². The lowest BCUT2D eigenvalue weighted by Gasteiger charge is -2.27. The van der Waals surface area contributed by atoms with Crippen molar-refractivity contribution in [2.75, 3.05) is 13.2 Å². The molecule has 1 heterocycles. The molecule has 0 spiro atoms. The highest BCUT2D eigenvalue weighted by atomic mass is 16.5. The molecule has 1 rings (SSSR count). The summed E-state index contributed by atoms with van der Waals surface area (Å²) in [5.74, 6) is 0.891. The monoisotopic (exact) mass is 280 g/mol. The van der Waals surface area contributed by atoms with Gasteiger partial charge >= 0.3 is 0 Å². The largest absolute Gasteiger partial charge is 0.489 e. The summed E-state index contributed by atoms with van der Waals surface area (Å²) in [6.07, 6.45) is 1.09. The molecule has 0 aromatic carbocycles. The van der Waals surface area contributed by atoms with Crippen LogP contribution >= 0.6 is 0 Å². The van der Waals surface area contributed by atoms with Gasteiger partial charge in [0.15, 0.2) is 0 Å². The van der Waals surface area contributed by atoms with Gasteiger partial charge in [0.2, 0.25) is 0 Å². The first-order valence-corrected chi connectivity index (χ1v) is 7.39. The summed E-state index contributed by atoms with van der Waals surface area (Å²) in [6.45, 7) is 11.8. The normalized spacial score (nSPS) is 14.3. The fraction of sp³-hybridized carbons (Fsp3) is 0.688. The molecule has 1 aromatic rings. The molecule has 1 aromatic heterocycles. The van der Waals surface area contributed by atoms with Crippen molar-refractivity contribution in [1.29, 1.82) is 0 Å². The molecule has 4 nitrogen and oxygen atoms in total. The minimum atomic E-state index is -0.834. The van der Waals surface area contributed by atoms with Gasteiger partial charge in [-0.05, 0) is 44.9 Å². The number of hydrogen-bond donors (Lipinski definition) is 2. The van der Waals surface area contributed by atoms with Crippen molar-refractivity contribution >= 4 is 0 Å². The Morgan fingerprint density at radius 3 is 2.70 bits per heavy atom. The van der Waals surface area contributed by atoms with E-state index >= 15 is 0 Å². The first kappa shape index (κ1) is 16.9. The minimum absolute atomic E-state index is 0.141. The van der Waals surface area contributed by atoms with Gasteiger partial charge in [-0.15, -0.1) is 0 Å². The van der Waals surface area contributed by atoms with E-state index < -0.39 is 5.60 Å². The highest BCUT2D eigenvalue weighted by molar-refractivity contribution is 5.29. The molecule has 0 bridgehead atoms. The quantitative estimate of drug-likeness (QED) is 0.719. The maximum Gasteiger partial charge on any atom is 0.142 e. The van der Waals surface area contributed by atoms with Gasteiger partial charge in [-0.2, -0.15) is 0 Å². The summed E-state index contributed by atoms with van der Waals surface area (Å²) < 4.78 is 5.80. The standard InChI is InChI=1S/C16H28N2O2/c1-6-9-17-10-14-15(8-7-13(4)18-14)20-11-16(5,19)12(2)3/h7-8,12,17,19H,6,9-11H2,1-5H3. The zero-order valence-electron chi connectivity index (χ0n) is 13.4. The molecule has 0 saturated heterocycles. The van der Waals surface area contributed by atoms with E-state index in [2.05, 4.69) is 17.2 Å². The lowest BCUT2D eigenvalue weighted by molar-refractivity contribution is -0.0270. The molecule has 1 unspecified atom stereocenters. The summed E-state index contributed by atoms with van der Waals surface area (Å²) in [7, 11) is 0. The third-order valence-corrected chi connectivity index (χ3v) is 3.55. The van der Waals surface area contributed by atoms with E-state index in [1.54, 1.807) is 6.92 Å². The second-order valence-corrected chi connectivity index (χ2v) is 5.87. The van der Waals surface area contributed by atoms with Crippen LogP contribution < -0.4 is 10.1 Å². The molecule has 2 N–H and O–H groups in total. The Balaban J connectivity index is 2.73. The molecular weight excluding hydrogens is 252 g/mol. The Bertz CT molecular complexity index is 417. The van der Waals surface area contributed by atoms with Crippen molar-refractivity contribution in [2.24, 2.45) is 5.92 Å². The molecule has 0 amide bonds. The smallest absolute Gasteiger partial charge is 0.142 e. The van der Waals surface area contributed by atoms with Crippen LogP contribution in [0.3, 0.4) is 0 Å². The summed E-state index contributed by atoms with van der Waals surface area (Å²) in [5, 5.41) is 13.6. The lowest BCUT2D eigenvalue weighted by Crippen LogP contribution is -2.38. The number of aliphatic hydroxyl groups is 1. The number of aryl methyl sites for hydroxylation is 1. The van der Waals surface area contributed by atoms with Gasteiger partial charge in [0.25, 0.3) is 0 Å². The van der Waals surface area contributed by atoms with Crippen molar-refractivity contribution in [3.8, 4) is 5.75 Å². The Hall–Kier alpha value is -1.13. The van der Waals surface area contributed by atoms with Crippen LogP contribution in [0.1, 0.15) is 45.5 Å². The molecular formula is C16H28N2O2. The van der Waals surface area contributed by atoms with Gasteiger partial charge < -0.3 is 15.2 Å². The average molecular weight is 280 g/mol. The van der Waals surface area contributed by atoms with Crippen LogP contribution in [0.5, 0.6) is 5.75 Å².